The summed E-state index contributed by atoms with van der Waals surface area (Å²) in [5.74, 6) is 0.485. The van der Waals surface area contributed by atoms with Crippen LogP contribution in [-0.4, -0.2) is 21.9 Å². The van der Waals surface area contributed by atoms with Crippen LogP contribution in [0.2, 0.25) is 0 Å². The van der Waals surface area contributed by atoms with Crippen molar-refractivity contribution in [1.82, 2.24) is 10.2 Å². The van der Waals surface area contributed by atoms with Crippen LogP contribution in [0.3, 0.4) is 0 Å². The lowest BCUT2D eigenvalue weighted by molar-refractivity contribution is 0.0635. The van der Waals surface area contributed by atoms with Crippen LogP contribution >= 0.6 is 15.9 Å². The number of carbonyl (C=O) groups excluding carboxylic acids is 1. The van der Waals surface area contributed by atoms with Gasteiger partial charge in [-0.1, -0.05) is 0 Å². The Morgan fingerprint density at radius 3 is 2.71 bits per heavy atom. The minimum absolute atomic E-state index is 0.485. The van der Waals surface area contributed by atoms with Crippen LogP contribution in [-0.2, 0) is 4.74 Å². The van der Waals surface area contributed by atoms with E-state index in [1.54, 1.807) is 27.0 Å². The van der Waals surface area contributed by atoms with Gasteiger partial charge in [0.25, 0.3) is 0 Å². The van der Waals surface area contributed by atoms with E-state index in [9.17, 15) is 4.79 Å². The smallest absolute Gasteiger partial charge is 0.413 e. The molecule has 0 saturated carbocycles. The topological polar surface area (TPSA) is 67.0 Å². The Balaban J connectivity index is 2.54. The molecule has 78 valence electrons. The first-order valence-electron chi connectivity index (χ1n) is 4.07. The van der Waals surface area contributed by atoms with E-state index in [0.29, 0.717) is 10.3 Å². The molecule has 1 rings (SSSR count). The molecule has 1 aromatic heterocycles. The zero-order valence-corrected chi connectivity index (χ0v) is 9.81. The second-order valence-electron chi connectivity index (χ2n) is 3.72. The molecule has 0 spiro atoms. The molecule has 5 nitrogen and oxygen atoms in total. The molecule has 1 amide bonds. The summed E-state index contributed by atoms with van der Waals surface area (Å²) in [6, 6.07) is 0. The lowest BCUT2D eigenvalue weighted by atomic mass is 10.2. The SMILES string of the molecule is CC(C)(C)OC(=O)Nc1[nH]ncc1Br. The van der Waals surface area contributed by atoms with E-state index in [0.717, 1.165) is 0 Å². The fraction of sp³-hybridized carbons (Fsp3) is 0.500. The van der Waals surface area contributed by atoms with Gasteiger partial charge in [-0.3, -0.25) is 10.4 Å². The summed E-state index contributed by atoms with van der Waals surface area (Å²) in [5, 5.41) is 8.86. The highest BCUT2D eigenvalue weighted by molar-refractivity contribution is 9.10. The molecule has 0 aromatic carbocycles. The van der Waals surface area contributed by atoms with Gasteiger partial charge in [-0.05, 0) is 36.7 Å². The number of ether oxygens (including phenoxy) is 1. The van der Waals surface area contributed by atoms with Gasteiger partial charge in [-0.2, -0.15) is 5.10 Å². The summed E-state index contributed by atoms with van der Waals surface area (Å²) in [5.41, 5.74) is -0.503. The number of nitrogens with one attached hydrogen (secondary N) is 2. The molecule has 14 heavy (non-hydrogen) atoms. The molecule has 0 saturated heterocycles. The van der Waals surface area contributed by atoms with Crippen molar-refractivity contribution in [3.05, 3.63) is 10.7 Å². The normalized spacial score (nSPS) is 11.1. The molecule has 0 aliphatic rings. The Bertz CT molecular complexity index is 330. The van der Waals surface area contributed by atoms with Crippen molar-refractivity contribution in [3.8, 4) is 0 Å². The van der Waals surface area contributed by atoms with Gasteiger partial charge in [0, 0.05) is 0 Å². The number of carbonyl (C=O) groups is 1. The van der Waals surface area contributed by atoms with Gasteiger partial charge in [0.2, 0.25) is 0 Å². The average Bonchev–Trinajstić information content (AvgIpc) is 2.32. The van der Waals surface area contributed by atoms with Gasteiger partial charge in [0.15, 0.2) is 0 Å². The van der Waals surface area contributed by atoms with Gasteiger partial charge in [-0.25, -0.2) is 4.79 Å². The first kappa shape index (κ1) is 11.0. The number of amides is 1. The van der Waals surface area contributed by atoms with Crippen LogP contribution in [0.15, 0.2) is 10.7 Å². The summed E-state index contributed by atoms with van der Waals surface area (Å²) in [4.78, 5) is 11.3. The molecule has 6 heteroatoms. The predicted molar refractivity (Wildman–Crippen MR) is 56.1 cm³/mol. The molecule has 0 bridgehead atoms. The number of nitrogens with zero attached hydrogens (tertiary/aromatic N) is 1. The first-order chi connectivity index (χ1) is 6.38. The molecule has 0 aliphatic heterocycles. The molecular formula is C8H12BrN3O2. The maximum Gasteiger partial charge on any atom is 0.413 e. The summed E-state index contributed by atoms with van der Waals surface area (Å²) in [7, 11) is 0. The second-order valence-corrected chi connectivity index (χ2v) is 4.57. The van der Waals surface area contributed by atoms with Gasteiger partial charge in [0.05, 0.1) is 10.7 Å². The summed E-state index contributed by atoms with van der Waals surface area (Å²) < 4.78 is 5.73. The highest BCUT2D eigenvalue weighted by Crippen LogP contribution is 2.18. The van der Waals surface area contributed by atoms with Crippen LogP contribution < -0.4 is 5.32 Å². The molecular weight excluding hydrogens is 250 g/mol. The zero-order valence-electron chi connectivity index (χ0n) is 8.22. The van der Waals surface area contributed by atoms with Crippen LogP contribution in [0.1, 0.15) is 20.8 Å². The van der Waals surface area contributed by atoms with E-state index in [-0.39, 0.29) is 0 Å². The predicted octanol–water partition coefficient (Wildman–Crippen LogP) is 2.52. The van der Waals surface area contributed by atoms with Crippen LogP contribution in [0.25, 0.3) is 0 Å². The Morgan fingerprint density at radius 1 is 1.64 bits per heavy atom. The van der Waals surface area contributed by atoms with E-state index >= 15 is 0 Å². The lowest BCUT2D eigenvalue weighted by Crippen LogP contribution is -2.27. The monoisotopic (exact) mass is 261 g/mol. The molecule has 0 fully saturated rings. The highest BCUT2D eigenvalue weighted by Gasteiger charge is 2.17. The summed E-state index contributed by atoms with van der Waals surface area (Å²) in [6.07, 6.45) is 1.04. The van der Waals surface area contributed by atoms with E-state index in [1.807, 2.05) is 0 Å². The molecule has 0 atom stereocenters. The maximum atomic E-state index is 11.3. The van der Waals surface area contributed by atoms with Gasteiger partial charge >= 0.3 is 6.09 Å². The minimum Gasteiger partial charge on any atom is -0.444 e. The molecule has 0 unspecified atom stereocenters. The lowest BCUT2D eigenvalue weighted by Gasteiger charge is -2.19. The third-order valence-electron chi connectivity index (χ3n) is 1.22. The third-order valence-corrected chi connectivity index (χ3v) is 1.82. The Morgan fingerprint density at radius 2 is 2.29 bits per heavy atom. The van der Waals surface area contributed by atoms with Crippen molar-refractivity contribution in [1.29, 1.82) is 0 Å². The Labute approximate surface area is 90.3 Å². The number of aromatic nitrogens is 2. The Hall–Kier alpha value is -1.04. The number of halogens is 1. The van der Waals surface area contributed by atoms with Crippen molar-refractivity contribution in [3.63, 3.8) is 0 Å². The largest absolute Gasteiger partial charge is 0.444 e. The van der Waals surface area contributed by atoms with Crippen LogP contribution in [0.4, 0.5) is 10.6 Å². The quantitative estimate of drug-likeness (QED) is 0.817. The zero-order chi connectivity index (χ0) is 10.8. The van der Waals surface area contributed by atoms with E-state index in [4.69, 9.17) is 4.74 Å². The van der Waals surface area contributed by atoms with Gasteiger partial charge in [0.1, 0.15) is 11.4 Å². The second kappa shape index (κ2) is 4.00. The molecule has 0 aliphatic carbocycles. The summed E-state index contributed by atoms with van der Waals surface area (Å²) in [6.45, 7) is 5.40. The van der Waals surface area contributed by atoms with Crippen LogP contribution in [0.5, 0.6) is 0 Å². The number of rotatable bonds is 1. The number of anilines is 1. The minimum atomic E-state index is -0.512. The summed E-state index contributed by atoms with van der Waals surface area (Å²) >= 11 is 3.21. The average molecular weight is 262 g/mol. The van der Waals surface area contributed by atoms with Crippen molar-refractivity contribution >= 4 is 27.8 Å². The van der Waals surface area contributed by atoms with Gasteiger partial charge < -0.3 is 4.74 Å². The van der Waals surface area contributed by atoms with E-state index in [1.165, 1.54) is 0 Å². The standard InChI is InChI=1S/C8H12BrN3O2/c1-8(2,3)14-7(13)11-6-5(9)4-10-12-6/h4H,1-3H3,(H2,10,11,12,13). The Kier molecular flexibility index (Phi) is 3.15. The van der Waals surface area contributed by atoms with Crippen molar-refractivity contribution < 1.29 is 9.53 Å². The molecule has 1 aromatic rings. The molecule has 2 N–H and O–H groups in total. The fourth-order valence-electron chi connectivity index (χ4n) is 0.765. The fourth-order valence-corrected chi connectivity index (χ4v) is 1.05. The number of hydrogen-bond acceptors (Lipinski definition) is 3. The molecule has 1 heterocycles. The number of aromatic amines is 1. The first-order valence-corrected chi connectivity index (χ1v) is 4.86. The van der Waals surface area contributed by atoms with Gasteiger partial charge in [-0.15, -0.1) is 0 Å². The van der Waals surface area contributed by atoms with E-state index in [2.05, 4.69) is 31.4 Å². The number of hydrogen-bond donors (Lipinski definition) is 2. The van der Waals surface area contributed by atoms with Crippen LogP contribution in [0, 0.1) is 0 Å². The van der Waals surface area contributed by atoms with E-state index < -0.39 is 11.7 Å². The van der Waals surface area contributed by atoms with Crippen molar-refractivity contribution in [2.24, 2.45) is 0 Å². The maximum absolute atomic E-state index is 11.3. The third kappa shape index (κ3) is 3.37. The highest BCUT2D eigenvalue weighted by atomic mass is 79.9. The van der Waals surface area contributed by atoms with Crippen molar-refractivity contribution in [2.45, 2.75) is 26.4 Å². The van der Waals surface area contributed by atoms with Crippen molar-refractivity contribution in [2.75, 3.05) is 5.32 Å². The molecule has 0 radical (unpaired) electrons. The number of H-pyrrole nitrogens is 1.